The minimum absolute atomic E-state index is 0.0149. The van der Waals surface area contributed by atoms with Gasteiger partial charge in [0, 0.05) is 24.9 Å². The van der Waals surface area contributed by atoms with Gasteiger partial charge in [0.15, 0.2) is 0 Å². The van der Waals surface area contributed by atoms with Gasteiger partial charge < -0.3 is 14.5 Å². The van der Waals surface area contributed by atoms with Crippen LogP contribution >= 0.6 is 0 Å². The molecule has 2 unspecified atom stereocenters. The first-order valence-corrected chi connectivity index (χ1v) is 11.7. The summed E-state index contributed by atoms with van der Waals surface area (Å²) in [5.74, 6) is -0.170. The summed E-state index contributed by atoms with van der Waals surface area (Å²) in [6.45, 7) is 4.90. The SMILES string of the molecule is CCC(C)N1CC2N(CC1=O)C(=O)CCN2C(=O)OCC1c2ccccc2-c2ccccc21. The van der Waals surface area contributed by atoms with E-state index in [-0.39, 0.29) is 43.3 Å². The maximum atomic E-state index is 13.2. The number of benzene rings is 2. The van der Waals surface area contributed by atoms with Crippen molar-refractivity contribution in [2.75, 3.05) is 26.2 Å². The van der Waals surface area contributed by atoms with Crippen LogP contribution in [0.4, 0.5) is 4.79 Å². The van der Waals surface area contributed by atoms with Gasteiger partial charge in [-0.15, -0.1) is 0 Å². The van der Waals surface area contributed by atoms with E-state index < -0.39 is 12.3 Å². The highest BCUT2D eigenvalue weighted by Gasteiger charge is 2.44. The zero-order valence-corrected chi connectivity index (χ0v) is 19.1. The van der Waals surface area contributed by atoms with Gasteiger partial charge in [-0.3, -0.25) is 14.5 Å². The van der Waals surface area contributed by atoms with Crippen LogP contribution in [-0.4, -0.2) is 71.1 Å². The number of ether oxygens (including phenoxy) is 1. The molecule has 2 fully saturated rings. The third-order valence-electron chi connectivity index (χ3n) is 7.29. The highest BCUT2D eigenvalue weighted by atomic mass is 16.6. The summed E-state index contributed by atoms with van der Waals surface area (Å²) in [6.07, 6.45) is 0.112. The van der Waals surface area contributed by atoms with Crippen LogP contribution in [0.1, 0.15) is 43.7 Å². The Kier molecular flexibility index (Phi) is 5.56. The Morgan fingerprint density at radius 2 is 1.67 bits per heavy atom. The first kappa shape index (κ1) is 21.5. The van der Waals surface area contributed by atoms with Crippen LogP contribution in [0.5, 0.6) is 0 Å². The second-order valence-corrected chi connectivity index (χ2v) is 9.05. The minimum atomic E-state index is -0.478. The molecule has 2 saturated heterocycles. The lowest BCUT2D eigenvalue weighted by molar-refractivity contribution is -0.161. The fourth-order valence-electron chi connectivity index (χ4n) is 5.28. The highest BCUT2D eigenvalue weighted by Crippen LogP contribution is 2.44. The van der Waals surface area contributed by atoms with E-state index in [9.17, 15) is 14.4 Å². The molecular formula is C26H29N3O4. The van der Waals surface area contributed by atoms with Gasteiger partial charge in [0.25, 0.3) is 0 Å². The molecule has 2 aliphatic heterocycles. The van der Waals surface area contributed by atoms with Crippen molar-refractivity contribution in [2.45, 2.75) is 44.8 Å². The molecule has 3 amide bonds. The average molecular weight is 448 g/mol. The Morgan fingerprint density at radius 3 is 2.30 bits per heavy atom. The van der Waals surface area contributed by atoms with Gasteiger partial charge in [-0.05, 0) is 35.6 Å². The summed E-state index contributed by atoms with van der Waals surface area (Å²) >= 11 is 0. The second-order valence-electron chi connectivity index (χ2n) is 9.05. The van der Waals surface area contributed by atoms with E-state index in [0.29, 0.717) is 13.1 Å². The van der Waals surface area contributed by atoms with Crippen molar-refractivity contribution in [3.05, 3.63) is 59.7 Å². The Balaban J connectivity index is 1.34. The fraction of sp³-hybridized carbons (Fsp3) is 0.423. The topological polar surface area (TPSA) is 70.2 Å². The molecule has 7 nitrogen and oxygen atoms in total. The largest absolute Gasteiger partial charge is 0.448 e. The normalized spacial score (nSPS) is 20.9. The van der Waals surface area contributed by atoms with Gasteiger partial charge in [0.1, 0.15) is 19.3 Å². The summed E-state index contributed by atoms with van der Waals surface area (Å²) < 4.78 is 5.86. The van der Waals surface area contributed by atoms with Gasteiger partial charge in [0.05, 0.1) is 6.54 Å². The van der Waals surface area contributed by atoms with Crippen molar-refractivity contribution in [3.8, 4) is 11.1 Å². The van der Waals surface area contributed by atoms with Crippen molar-refractivity contribution in [1.29, 1.82) is 0 Å². The molecule has 0 spiro atoms. The van der Waals surface area contributed by atoms with E-state index in [2.05, 4.69) is 24.3 Å². The van der Waals surface area contributed by atoms with Crippen molar-refractivity contribution in [1.82, 2.24) is 14.7 Å². The van der Waals surface area contributed by atoms with Gasteiger partial charge in [0.2, 0.25) is 11.8 Å². The first-order chi connectivity index (χ1) is 16.0. The van der Waals surface area contributed by atoms with Crippen LogP contribution in [-0.2, 0) is 14.3 Å². The van der Waals surface area contributed by atoms with Crippen LogP contribution in [0.2, 0.25) is 0 Å². The zero-order valence-electron chi connectivity index (χ0n) is 19.1. The maximum Gasteiger partial charge on any atom is 0.411 e. The lowest BCUT2D eigenvalue weighted by atomic mass is 9.98. The molecule has 0 N–H and O–H groups in total. The van der Waals surface area contributed by atoms with Gasteiger partial charge in [-0.2, -0.15) is 0 Å². The van der Waals surface area contributed by atoms with E-state index >= 15 is 0 Å². The lowest BCUT2D eigenvalue weighted by Gasteiger charge is -2.49. The summed E-state index contributed by atoms with van der Waals surface area (Å²) in [4.78, 5) is 43.3. The third-order valence-corrected chi connectivity index (χ3v) is 7.29. The molecule has 5 rings (SSSR count). The van der Waals surface area contributed by atoms with E-state index in [4.69, 9.17) is 4.74 Å². The van der Waals surface area contributed by atoms with Crippen LogP contribution in [0.3, 0.4) is 0 Å². The number of rotatable bonds is 4. The second kappa shape index (κ2) is 8.54. The molecule has 2 aromatic rings. The molecule has 0 bridgehead atoms. The Bertz CT molecular complexity index is 1050. The number of piperazine rings is 1. The summed E-state index contributed by atoms with van der Waals surface area (Å²) in [7, 11) is 0. The number of nitrogens with zero attached hydrogens (tertiary/aromatic N) is 3. The van der Waals surface area contributed by atoms with Crippen molar-refractivity contribution in [2.24, 2.45) is 0 Å². The minimum Gasteiger partial charge on any atom is -0.448 e. The predicted molar refractivity (Wildman–Crippen MR) is 123 cm³/mol. The molecule has 1 aliphatic carbocycles. The van der Waals surface area contributed by atoms with E-state index in [1.165, 1.54) is 16.0 Å². The van der Waals surface area contributed by atoms with Crippen molar-refractivity contribution >= 4 is 17.9 Å². The van der Waals surface area contributed by atoms with Crippen LogP contribution in [0, 0.1) is 0 Å². The number of hydrogen-bond donors (Lipinski definition) is 0. The number of carbonyl (C=O) groups excluding carboxylic acids is 3. The predicted octanol–water partition coefficient (Wildman–Crippen LogP) is 3.44. The molecule has 172 valence electrons. The molecule has 2 aromatic carbocycles. The fourth-order valence-corrected chi connectivity index (χ4v) is 5.28. The monoisotopic (exact) mass is 447 g/mol. The van der Waals surface area contributed by atoms with Crippen molar-refractivity contribution in [3.63, 3.8) is 0 Å². The molecule has 3 aliphatic rings. The standard InChI is InChI=1S/C26H29N3O4/c1-3-17(2)28-14-23-27(13-12-24(30)29(23)15-25(28)31)26(32)33-16-22-20-10-6-4-8-18(20)19-9-5-7-11-21(19)22/h4-11,17,22-23H,3,12-16H2,1-2H3. The summed E-state index contributed by atoms with van der Waals surface area (Å²) in [5, 5.41) is 0. The van der Waals surface area contributed by atoms with E-state index in [1.807, 2.05) is 38.1 Å². The number of carbonyl (C=O) groups is 3. The Morgan fingerprint density at radius 1 is 1.03 bits per heavy atom. The Hall–Kier alpha value is -3.35. The van der Waals surface area contributed by atoms with E-state index in [1.54, 1.807) is 9.80 Å². The number of amides is 3. The molecule has 0 saturated carbocycles. The maximum absolute atomic E-state index is 13.2. The van der Waals surface area contributed by atoms with Crippen LogP contribution in [0.15, 0.2) is 48.5 Å². The Labute approximate surface area is 193 Å². The van der Waals surface area contributed by atoms with Crippen LogP contribution in [0.25, 0.3) is 11.1 Å². The van der Waals surface area contributed by atoms with Crippen molar-refractivity contribution < 1.29 is 19.1 Å². The molecule has 0 aromatic heterocycles. The molecule has 7 heteroatoms. The van der Waals surface area contributed by atoms with Gasteiger partial charge in [-0.1, -0.05) is 55.5 Å². The molecular weight excluding hydrogens is 418 g/mol. The van der Waals surface area contributed by atoms with Gasteiger partial charge >= 0.3 is 6.09 Å². The summed E-state index contributed by atoms with van der Waals surface area (Å²) in [5.41, 5.74) is 4.68. The highest BCUT2D eigenvalue weighted by molar-refractivity contribution is 5.88. The number of hydrogen-bond acceptors (Lipinski definition) is 4. The van der Waals surface area contributed by atoms with Gasteiger partial charge in [-0.25, -0.2) is 4.79 Å². The zero-order chi connectivity index (χ0) is 23.1. The molecule has 33 heavy (non-hydrogen) atoms. The van der Waals surface area contributed by atoms with E-state index in [0.717, 1.165) is 17.5 Å². The first-order valence-electron chi connectivity index (χ1n) is 11.7. The molecule has 2 atom stereocenters. The lowest BCUT2D eigenvalue weighted by Crippen LogP contribution is -2.68. The quantitative estimate of drug-likeness (QED) is 0.720. The van der Waals surface area contributed by atoms with Crippen LogP contribution < -0.4 is 0 Å². The summed E-state index contributed by atoms with van der Waals surface area (Å²) in [6, 6.07) is 16.5. The molecule has 0 radical (unpaired) electrons. The third kappa shape index (κ3) is 3.65. The molecule has 2 heterocycles. The number of fused-ring (bicyclic) bond motifs is 4. The smallest absolute Gasteiger partial charge is 0.411 e. The average Bonchev–Trinajstić information content (AvgIpc) is 3.16.